The standard InChI is InChI=1S/C23H24FN5O4S/c24-18-8-7-16(34(31,32)29-11-13-33-14-12-29)15-17(18)23(30)27-21-22(28-9-3-4-10-28)26-20-6-2-1-5-19(20)25-21/h1-2,5-8,15H,3-4,9-14H2,(H,25,27,30). The Morgan fingerprint density at radius 2 is 1.65 bits per heavy atom. The van der Waals surface area contributed by atoms with Gasteiger partial charge in [0.05, 0.1) is 34.7 Å². The van der Waals surface area contributed by atoms with E-state index in [1.54, 1.807) is 6.07 Å². The van der Waals surface area contributed by atoms with Crippen molar-refractivity contribution >= 4 is 38.6 Å². The summed E-state index contributed by atoms with van der Waals surface area (Å²) in [5.74, 6) is -0.884. The number of ether oxygens (including phenoxy) is 1. The number of benzene rings is 2. The van der Waals surface area contributed by atoms with E-state index < -0.39 is 21.7 Å². The lowest BCUT2D eigenvalue weighted by molar-refractivity contribution is 0.0730. The molecule has 0 saturated carbocycles. The maximum absolute atomic E-state index is 14.7. The number of hydrogen-bond acceptors (Lipinski definition) is 7. The van der Waals surface area contributed by atoms with Crippen molar-refractivity contribution < 1.29 is 22.3 Å². The summed E-state index contributed by atoms with van der Waals surface area (Å²) in [5, 5.41) is 2.67. The largest absolute Gasteiger partial charge is 0.379 e. The normalized spacial score (nSPS) is 17.3. The van der Waals surface area contributed by atoms with E-state index in [9.17, 15) is 17.6 Å². The molecule has 0 atom stereocenters. The van der Waals surface area contributed by atoms with E-state index in [1.165, 1.54) is 10.4 Å². The first-order valence-electron chi connectivity index (χ1n) is 11.1. The Labute approximate surface area is 196 Å². The van der Waals surface area contributed by atoms with Crippen LogP contribution < -0.4 is 10.2 Å². The van der Waals surface area contributed by atoms with Gasteiger partial charge in [0.2, 0.25) is 10.0 Å². The minimum Gasteiger partial charge on any atom is -0.379 e. The Balaban J connectivity index is 1.49. The molecule has 1 aromatic heterocycles. The Bertz CT molecular complexity index is 1340. The van der Waals surface area contributed by atoms with Crippen molar-refractivity contribution in [2.75, 3.05) is 49.6 Å². The third kappa shape index (κ3) is 4.33. The van der Waals surface area contributed by atoms with Crippen molar-refractivity contribution in [2.24, 2.45) is 0 Å². The number of amides is 1. The van der Waals surface area contributed by atoms with Crippen LogP contribution in [0.5, 0.6) is 0 Å². The first kappa shape index (κ1) is 22.6. The molecule has 34 heavy (non-hydrogen) atoms. The molecule has 3 heterocycles. The molecule has 1 N–H and O–H groups in total. The van der Waals surface area contributed by atoms with Crippen molar-refractivity contribution in [1.29, 1.82) is 0 Å². The van der Waals surface area contributed by atoms with Gasteiger partial charge in [0.1, 0.15) is 5.82 Å². The van der Waals surface area contributed by atoms with Crippen LogP contribution in [-0.2, 0) is 14.8 Å². The molecule has 0 unspecified atom stereocenters. The molecule has 2 aromatic carbocycles. The van der Waals surface area contributed by atoms with Gasteiger partial charge in [-0.1, -0.05) is 12.1 Å². The highest BCUT2D eigenvalue weighted by Crippen LogP contribution is 2.29. The maximum Gasteiger partial charge on any atom is 0.259 e. The number of nitrogens with one attached hydrogen (secondary N) is 1. The lowest BCUT2D eigenvalue weighted by Crippen LogP contribution is -2.40. The van der Waals surface area contributed by atoms with Gasteiger partial charge in [-0.05, 0) is 43.2 Å². The number of aromatic nitrogens is 2. The van der Waals surface area contributed by atoms with Crippen LogP contribution >= 0.6 is 0 Å². The van der Waals surface area contributed by atoms with Crippen LogP contribution in [0.3, 0.4) is 0 Å². The molecular formula is C23H24FN5O4S. The van der Waals surface area contributed by atoms with Crippen LogP contribution in [0.4, 0.5) is 16.0 Å². The summed E-state index contributed by atoms with van der Waals surface area (Å²) in [6.07, 6.45) is 2.00. The SMILES string of the molecule is O=C(Nc1nc2ccccc2nc1N1CCCC1)c1cc(S(=O)(=O)N2CCOCC2)ccc1F. The monoisotopic (exact) mass is 485 g/mol. The Kier molecular flexibility index (Phi) is 6.15. The number of rotatable bonds is 5. The molecule has 0 aliphatic carbocycles. The lowest BCUT2D eigenvalue weighted by atomic mass is 10.2. The van der Waals surface area contributed by atoms with Crippen molar-refractivity contribution in [3.05, 3.63) is 53.8 Å². The highest BCUT2D eigenvalue weighted by molar-refractivity contribution is 7.89. The fourth-order valence-corrected chi connectivity index (χ4v) is 5.61. The number of fused-ring (bicyclic) bond motifs is 1. The number of anilines is 2. The van der Waals surface area contributed by atoms with Gasteiger partial charge in [0, 0.05) is 26.2 Å². The molecule has 9 nitrogen and oxygen atoms in total. The molecule has 178 valence electrons. The molecule has 0 radical (unpaired) electrons. The molecule has 0 spiro atoms. The molecule has 3 aromatic rings. The molecular weight excluding hydrogens is 461 g/mol. The number of carbonyl (C=O) groups is 1. The number of halogens is 1. The van der Waals surface area contributed by atoms with Crippen molar-refractivity contribution in [1.82, 2.24) is 14.3 Å². The summed E-state index contributed by atoms with van der Waals surface area (Å²) in [6, 6.07) is 10.5. The third-order valence-corrected chi connectivity index (χ3v) is 7.87. The number of carbonyl (C=O) groups excluding carboxylic acids is 1. The van der Waals surface area contributed by atoms with Crippen LogP contribution in [0.1, 0.15) is 23.2 Å². The Morgan fingerprint density at radius 1 is 0.971 bits per heavy atom. The van der Waals surface area contributed by atoms with E-state index in [0.29, 0.717) is 16.9 Å². The highest BCUT2D eigenvalue weighted by Gasteiger charge is 2.28. The Morgan fingerprint density at radius 3 is 2.35 bits per heavy atom. The van der Waals surface area contributed by atoms with E-state index in [-0.39, 0.29) is 42.6 Å². The molecule has 2 aliphatic heterocycles. The molecule has 5 rings (SSSR count). The first-order chi connectivity index (χ1) is 16.4. The Hall–Kier alpha value is -3.15. The van der Waals surface area contributed by atoms with Crippen LogP contribution in [0.15, 0.2) is 47.4 Å². The van der Waals surface area contributed by atoms with Gasteiger partial charge in [-0.15, -0.1) is 0 Å². The molecule has 2 aliphatic rings. The van der Waals surface area contributed by atoms with Gasteiger partial charge in [0.15, 0.2) is 11.6 Å². The quantitative estimate of drug-likeness (QED) is 0.592. The summed E-state index contributed by atoms with van der Waals surface area (Å²) in [6.45, 7) is 2.52. The summed E-state index contributed by atoms with van der Waals surface area (Å²) in [7, 11) is -3.89. The van der Waals surface area contributed by atoms with Crippen LogP contribution in [0, 0.1) is 5.82 Å². The van der Waals surface area contributed by atoms with Gasteiger partial charge < -0.3 is 15.0 Å². The molecule has 2 saturated heterocycles. The summed E-state index contributed by atoms with van der Waals surface area (Å²) >= 11 is 0. The van der Waals surface area contributed by atoms with Gasteiger partial charge >= 0.3 is 0 Å². The van der Waals surface area contributed by atoms with Crippen LogP contribution in [0.2, 0.25) is 0 Å². The minimum absolute atomic E-state index is 0.148. The summed E-state index contributed by atoms with van der Waals surface area (Å²) in [5.41, 5.74) is 0.897. The highest BCUT2D eigenvalue weighted by atomic mass is 32.2. The zero-order chi connectivity index (χ0) is 23.7. The fourth-order valence-electron chi connectivity index (χ4n) is 4.17. The zero-order valence-corrected chi connectivity index (χ0v) is 19.2. The van der Waals surface area contributed by atoms with Gasteiger partial charge in [-0.25, -0.2) is 22.8 Å². The predicted octanol–water partition coefficient (Wildman–Crippen LogP) is 2.64. The predicted molar refractivity (Wildman–Crippen MR) is 125 cm³/mol. The molecule has 1 amide bonds. The summed E-state index contributed by atoms with van der Waals surface area (Å²) in [4.78, 5) is 24.3. The van der Waals surface area contributed by atoms with Gasteiger partial charge in [0.25, 0.3) is 5.91 Å². The van der Waals surface area contributed by atoms with E-state index >= 15 is 0 Å². The van der Waals surface area contributed by atoms with Gasteiger partial charge in [-0.3, -0.25) is 4.79 Å². The second-order valence-corrected chi connectivity index (χ2v) is 10.1. The van der Waals surface area contributed by atoms with E-state index in [1.807, 2.05) is 23.1 Å². The van der Waals surface area contributed by atoms with Crippen molar-refractivity contribution in [2.45, 2.75) is 17.7 Å². The molecule has 2 fully saturated rings. The lowest BCUT2D eigenvalue weighted by Gasteiger charge is -2.26. The zero-order valence-electron chi connectivity index (χ0n) is 18.4. The minimum atomic E-state index is -3.89. The topological polar surface area (TPSA) is 105 Å². The number of para-hydroxylation sites is 2. The van der Waals surface area contributed by atoms with Crippen LogP contribution in [0.25, 0.3) is 11.0 Å². The smallest absolute Gasteiger partial charge is 0.259 e. The third-order valence-electron chi connectivity index (χ3n) is 5.98. The van der Waals surface area contributed by atoms with E-state index in [0.717, 1.165) is 38.1 Å². The average molecular weight is 486 g/mol. The number of sulfonamides is 1. The second-order valence-electron chi connectivity index (χ2n) is 8.19. The number of hydrogen-bond donors (Lipinski definition) is 1. The van der Waals surface area contributed by atoms with Crippen LogP contribution in [-0.4, -0.2) is 68.0 Å². The van der Waals surface area contributed by atoms with Crippen molar-refractivity contribution in [3.8, 4) is 0 Å². The average Bonchev–Trinajstić information content (AvgIpc) is 3.39. The van der Waals surface area contributed by atoms with Gasteiger partial charge in [-0.2, -0.15) is 4.31 Å². The van der Waals surface area contributed by atoms with E-state index in [2.05, 4.69) is 15.3 Å². The molecule has 0 bridgehead atoms. The second kappa shape index (κ2) is 9.24. The van der Waals surface area contributed by atoms with Crippen molar-refractivity contribution in [3.63, 3.8) is 0 Å². The first-order valence-corrected chi connectivity index (χ1v) is 12.6. The van der Waals surface area contributed by atoms with E-state index in [4.69, 9.17) is 4.74 Å². The maximum atomic E-state index is 14.7. The fraction of sp³-hybridized carbons (Fsp3) is 0.348. The molecule has 11 heteroatoms. The summed E-state index contributed by atoms with van der Waals surface area (Å²) < 4.78 is 47.1. The number of morpholine rings is 1. The number of nitrogens with zero attached hydrogens (tertiary/aromatic N) is 4.